The van der Waals surface area contributed by atoms with Gasteiger partial charge in [0.25, 0.3) is 5.91 Å². The van der Waals surface area contributed by atoms with Crippen LogP contribution < -0.4 is 5.32 Å². The number of hydrogen-bond donors (Lipinski definition) is 1. The van der Waals surface area contributed by atoms with E-state index in [9.17, 15) is 4.79 Å². The van der Waals surface area contributed by atoms with Crippen LogP contribution in [0, 0.1) is 6.92 Å². The van der Waals surface area contributed by atoms with Crippen LogP contribution in [0.2, 0.25) is 0 Å². The zero-order valence-electron chi connectivity index (χ0n) is 13.1. The minimum atomic E-state index is 0.00804. The molecule has 5 heteroatoms. The fourth-order valence-corrected chi connectivity index (χ4v) is 2.72. The summed E-state index contributed by atoms with van der Waals surface area (Å²) in [5, 5.41) is 3.32. The van der Waals surface area contributed by atoms with Crippen molar-refractivity contribution in [1.29, 1.82) is 0 Å². The fourth-order valence-electron chi connectivity index (χ4n) is 2.24. The van der Waals surface area contributed by atoms with E-state index in [0.717, 1.165) is 21.4 Å². The summed E-state index contributed by atoms with van der Waals surface area (Å²) in [4.78, 5) is 18.3. The number of pyridine rings is 1. The second kappa shape index (κ2) is 7.40. The van der Waals surface area contributed by atoms with Gasteiger partial charge >= 0.3 is 0 Å². The predicted molar refractivity (Wildman–Crippen MR) is 93.7 cm³/mol. The highest BCUT2D eigenvalue weighted by atomic mass is 79.9. The molecule has 0 saturated heterocycles. The van der Waals surface area contributed by atoms with Gasteiger partial charge in [0.15, 0.2) is 0 Å². The standard InChI is InChI=1S/C17H20BrN3O/c1-4-21(5-2)17(22)13-9-15(11-19-10-13)20-16-7-6-14(18)8-12(16)3/h6-11,20H,4-5H2,1-3H3. The molecule has 0 saturated carbocycles. The number of carbonyl (C=O) groups is 1. The smallest absolute Gasteiger partial charge is 0.255 e. The van der Waals surface area contributed by atoms with Crippen molar-refractivity contribution < 1.29 is 4.79 Å². The number of amides is 1. The van der Waals surface area contributed by atoms with Gasteiger partial charge in [0, 0.05) is 29.4 Å². The summed E-state index contributed by atoms with van der Waals surface area (Å²) in [6, 6.07) is 7.86. The molecule has 0 aliphatic rings. The molecular formula is C17H20BrN3O. The lowest BCUT2D eigenvalue weighted by atomic mass is 10.2. The van der Waals surface area contributed by atoms with Gasteiger partial charge in [-0.25, -0.2) is 0 Å². The Balaban J connectivity index is 2.23. The lowest BCUT2D eigenvalue weighted by molar-refractivity contribution is 0.0772. The SMILES string of the molecule is CCN(CC)C(=O)c1cncc(Nc2ccc(Br)cc2C)c1. The van der Waals surface area contributed by atoms with Crippen LogP contribution in [0.25, 0.3) is 0 Å². The van der Waals surface area contributed by atoms with Gasteiger partial charge in [0.1, 0.15) is 0 Å². The normalized spacial score (nSPS) is 10.4. The minimum Gasteiger partial charge on any atom is -0.354 e. The first-order valence-corrected chi connectivity index (χ1v) is 8.12. The van der Waals surface area contributed by atoms with E-state index in [2.05, 4.69) is 26.2 Å². The summed E-state index contributed by atoms with van der Waals surface area (Å²) in [5.74, 6) is 0.00804. The van der Waals surface area contributed by atoms with E-state index in [1.165, 1.54) is 0 Å². The van der Waals surface area contributed by atoms with Crippen LogP contribution in [0.3, 0.4) is 0 Å². The maximum atomic E-state index is 12.4. The molecule has 2 rings (SSSR count). The van der Waals surface area contributed by atoms with Crippen LogP contribution in [0.4, 0.5) is 11.4 Å². The largest absolute Gasteiger partial charge is 0.354 e. The molecule has 1 amide bonds. The Hall–Kier alpha value is -1.88. The summed E-state index contributed by atoms with van der Waals surface area (Å²) >= 11 is 3.45. The Morgan fingerprint density at radius 1 is 1.23 bits per heavy atom. The van der Waals surface area contributed by atoms with Crippen molar-refractivity contribution in [2.75, 3.05) is 18.4 Å². The number of nitrogens with zero attached hydrogens (tertiary/aromatic N) is 2. The first-order valence-electron chi connectivity index (χ1n) is 7.32. The molecule has 22 heavy (non-hydrogen) atoms. The zero-order valence-corrected chi connectivity index (χ0v) is 14.6. The molecule has 0 aliphatic heterocycles. The number of hydrogen-bond acceptors (Lipinski definition) is 3. The first-order chi connectivity index (χ1) is 10.5. The lowest BCUT2D eigenvalue weighted by Crippen LogP contribution is -2.30. The molecule has 0 fully saturated rings. The number of rotatable bonds is 5. The first kappa shape index (κ1) is 16.5. The molecule has 1 N–H and O–H groups in total. The summed E-state index contributed by atoms with van der Waals surface area (Å²) < 4.78 is 1.04. The molecule has 0 aliphatic carbocycles. The monoisotopic (exact) mass is 361 g/mol. The van der Waals surface area contributed by atoms with E-state index < -0.39 is 0 Å². The van der Waals surface area contributed by atoms with E-state index >= 15 is 0 Å². The van der Waals surface area contributed by atoms with E-state index in [1.807, 2.05) is 45.0 Å². The van der Waals surface area contributed by atoms with Crippen LogP contribution in [0.5, 0.6) is 0 Å². The fraction of sp³-hybridized carbons (Fsp3) is 0.294. The van der Waals surface area contributed by atoms with E-state index in [0.29, 0.717) is 18.7 Å². The molecule has 0 atom stereocenters. The molecule has 2 aromatic rings. The molecule has 0 unspecified atom stereocenters. The van der Waals surface area contributed by atoms with Gasteiger partial charge in [-0.2, -0.15) is 0 Å². The number of halogens is 1. The summed E-state index contributed by atoms with van der Waals surface area (Å²) in [7, 11) is 0. The Labute approximate surface area is 139 Å². The molecule has 1 aromatic carbocycles. The second-order valence-electron chi connectivity index (χ2n) is 5.02. The third-order valence-electron chi connectivity index (χ3n) is 3.50. The van der Waals surface area contributed by atoms with Crippen molar-refractivity contribution in [2.24, 2.45) is 0 Å². The third kappa shape index (κ3) is 3.85. The van der Waals surface area contributed by atoms with Gasteiger partial charge < -0.3 is 10.2 Å². The number of aromatic nitrogens is 1. The average molecular weight is 362 g/mol. The van der Waals surface area contributed by atoms with Gasteiger partial charge in [0.2, 0.25) is 0 Å². The molecule has 0 bridgehead atoms. The van der Waals surface area contributed by atoms with Gasteiger partial charge in [-0.3, -0.25) is 9.78 Å². The van der Waals surface area contributed by atoms with Crippen molar-refractivity contribution in [3.8, 4) is 0 Å². The van der Waals surface area contributed by atoms with Crippen LogP contribution in [-0.4, -0.2) is 28.9 Å². The van der Waals surface area contributed by atoms with E-state index in [1.54, 1.807) is 17.3 Å². The maximum absolute atomic E-state index is 12.4. The Morgan fingerprint density at radius 3 is 2.59 bits per heavy atom. The highest BCUT2D eigenvalue weighted by Gasteiger charge is 2.13. The van der Waals surface area contributed by atoms with Gasteiger partial charge in [-0.05, 0) is 50.6 Å². The van der Waals surface area contributed by atoms with Gasteiger partial charge in [0.05, 0.1) is 17.4 Å². The average Bonchev–Trinajstić information content (AvgIpc) is 2.51. The van der Waals surface area contributed by atoms with Gasteiger partial charge in [-0.15, -0.1) is 0 Å². The van der Waals surface area contributed by atoms with Crippen molar-refractivity contribution in [3.05, 3.63) is 52.3 Å². The van der Waals surface area contributed by atoms with Crippen LogP contribution in [-0.2, 0) is 0 Å². The number of nitrogens with one attached hydrogen (secondary N) is 1. The summed E-state index contributed by atoms with van der Waals surface area (Å²) in [6.07, 6.45) is 3.33. The van der Waals surface area contributed by atoms with Crippen LogP contribution in [0.1, 0.15) is 29.8 Å². The van der Waals surface area contributed by atoms with Crippen molar-refractivity contribution in [3.63, 3.8) is 0 Å². The molecular weight excluding hydrogens is 342 g/mol. The molecule has 116 valence electrons. The maximum Gasteiger partial charge on any atom is 0.255 e. The number of aryl methyl sites for hydroxylation is 1. The van der Waals surface area contributed by atoms with Crippen molar-refractivity contribution in [2.45, 2.75) is 20.8 Å². The summed E-state index contributed by atoms with van der Waals surface area (Å²) in [6.45, 7) is 7.37. The molecule has 4 nitrogen and oxygen atoms in total. The van der Waals surface area contributed by atoms with Gasteiger partial charge in [-0.1, -0.05) is 15.9 Å². The topological polar surface area (TPSA) is 45.2 Å². The Bertz CT molecular complexity index is 669. The zero-order chi connectivity index (χ0) is 16.1. The van der Waals surface area contributed by atoms with Crippen molar-refractivity contribution >= 4 is 33.2 Å². The minimum absolute atomic E-state index is 0.00804. The number of carbonyl (C=O) groups excluding carboxylic acids is 1. The molecule has 1 heterocycles. The molecule has 0 radical (unpaired) electrons. The highest BCUT2D eigenvalue weighted by molar-refractivity contribution is 9.10. The Kier molecular flexibility index (Phi) is 5.55. The van der Waals surface area contributed by atoms with Crippen molar-refractivity contribution in [1.82, 2.24) is 9.88 Å². The second-order valence-corrected chi connectivity index (χ2v) is 5.94. The predicted octanol–water partition coefficient (Wildman–Crippen LogP) is 4.38. The molecule has 1 aromatic heterocycles. The molecule has 0 spiro atoms. The Morgan fingerprint density at radius 2 is 1.95 bits per heavy atom. The number of anilines is 2. The summed E-state index contributed by atoms with van der Waals surface area (Å²) in [5.41, 5.74) is 3.53. The lowest BCUT2D eigenvalue weighted by Gasteiger charge is -2.19. The van der Waals surface area contributed by atoms with E-state index in [4.69, 9.17) is 0 Å². The third-order valence-corrected chi connectivity index (χ3v) is 4.00. The quantitative estimate of drug-likeness (QED) is 0.859. The van der Waals surface area contributed by atoms with E-state index in [-0.39, 0.29) is 5.91 Å². The highest BCUT2D eigenvalue weighted by Crippen LogP contribution is 2.24. The van der Waals surface area contributed by atoms with Crippen LogP contribution in [0.15, 0.2) is 41.1 Å². The number of benzene rings is 1. The van der Waals surface area contributed by atoms with Crippen LogP contribution >= 0.6 is 15.9 Å².